The SMILES string of the molecule is CCN1C[C@]2(COC)CC[C@H](OC)[C@]34[C@@H]2C[C@@]2(OCO[C@@]25C[C@H](OC)[C@H]2C[C@@H]3[C@]5(O)[C@H]2OC)[C@@H]14. The Bertz CT molecular complexity index is 874. The smallest absolute Gasteiger partial charge is 0.148 e. The lowest BCUT2D eigenvalue weighted by Gasteiger charge is -2.72. The van der Waals surface area contributed by atoms with Gasteiger partial charge in [0, 0.05) is 64.1 Å². The molecule has 7 rings (SSSR count). The standard InChI is InChI=1S/C26H41NO7/c1-6-27-12-22(13-29-2)8-7-19(31-4)25-17-9-15-16(30-3)10-24(26(17,28)20(15)32-5)23(21(25)27,11-18(22)25)33-14-34-24/h15-21,28H,6-14H2,1-5H3/t15-,16+,17+,18-,19+,20+,21-,22+,23-,24+,25-,26+/m1/s1. The van der Waals surface area contributed by atoms with E-state index in [4.69, 9.17) is 28.4 Å². The molecule has 2 saturated heterocycles. The Kier molecular flexibility index (Phi) is 4.67. The fraction of sp³-hybridized carbons (Fsp3) is 1.00. The van der Waals surface area contributed by atoms with Crippen LogP contribution in [-0.2, 0) is 28.4 Å². The first-order valence-electron chi connectivity index (χ1n) is 13.2. The van der Waals surface area contributed by atoms with Crippen molar-refractivity contribution in [2.24, 2.45) is 28.6 Å². The van der Waals surface area contributed by atoms with Crippen LogP contribution >= 0.6 is 0 Å². The van der Waals surface area contributed by atoms with Gasteiger partial charge in [-0.15, -0.1) is 0 Å². The topological polar surface area (TPSA) is 78.9 Å². The molecule has 0 radical (unpaired) electrons. The summed E-state index contributed by atoms with van der Waals surface area (Å²) >= 11 is 0. The van der Waals surface area contributed by atoms with Crippen LogP contribution in [0.2, 0.25) is 0 Å². The molecule has 3 spiro atoms. The van der Waals surface area contributed by atoms with Gasteiger partial charge in [-0.3, -0.25) is 4.90 Å². The molecule has 5 aliphatic carbocycles. The lowest BCUT2D eigenvalue weighted by molar-refractivity contribution is -0.341. The van der Waals surface area contributed by atoms with Gasteiger partial charge < -0.3 is 33.5 Å². The Morgan fingerprint density at radius 1 is 1.03 bits per heavy atom. The Labute approximate surface area is 202 Å². The lowest BCUT2D eigenvalue weighted by atomic mass is 9.41. The minimum absolute atomic E-state index is 0.0155. The second-order valence-electron chi connectivity index (χ2n) is 12.3. The summed E-state index contributed by atoms with van der Waals surface area (Å²) in [6.45, 7) is 5.13. The van der Waals surface area contributed by atoms with Gasteiger partial charge in [-0.1, -0.05) is 6.92 Å². The average Bonchev–Trinajstić information content (AvgIpc) is 3.39. The van der Waals surface area contributed by atoms with E-state index in [0.29, 0.717) is 12.3 Å². The maximum atomic E-state index is 13.1. The van der Waals surface area contributed by atoms with Crippen LogP contribution < -0.4 is 0 Å². The molecule has 0 aromatic heterocycles. The third-order valence-electron chi connectivity index (χ3n) is 12.2. The van der Waals surface area contributed by atoms with Gasteiger partial charge in [-0.25, -0.2) is 0 Å². The predicted molar refractivity (Wildman–Crippen MR) is 121 cm³/mol. The zero-order valence-electron chi connectivity index (χ0n) is 21.2. The van der Waals surface area contributed by atoms with E-state index in [0.717, 1.165) is 45.4 Å². The highest BCUT2D eigenvalue weighted by Gasteiger charge is 2.94. The number of aliphatic hydroxyl groups is 1. The summed E-state index contributed by atoms with van der Waals surface area (Å²) in [6, 6.07) is 0.130. The van der Waals surface area contributed by atoms with Crippen molar-refractivity contribution in [3.8, 4) is 0 Å². The van der Waals surface area contributed by atoms with Crippen LogP contribution in [0.3, 0.4) is 0 Å². The molecule has 7 aliphatic rings. The highest BCUT2D eigenvalue weighted by Crippen LogP contribution is 2.83. The molecule has 2 heterocycles. The molecule has 2 aliphatic heterocycles. The Hall–Kier alpha value is -0.320. The molecule has 5 saturated carbocycles. The van der Waals surface area contributed by atoms with Gasteiger partial charge in [0.05, 0.1) is 31.0 Å². The molecule has 8 heteroatoms. The minimum Gasteiger partial charge on any atom is -0.384 e. The van der Waals surface area contributed by atoms with E-state index in [9.17, 15) is 5.11 Å². The van der Waals surface area contributed by atoms with Crippen LogP contribution in [0.25, 0.3) is 0 Å². The molecule has 7 fully saturated rings. The largest absolute Gasteiger partial charge is 0.384 e. The zero-order valence-corrected chi connectivity index (χ0v) is 21.2. The summed E-state index contributed by atoms with van der Waals surface area (Å²) in [5, 5.41) is 13.1. The summed E-state index contributed by atoms with van der Waals surface area (Å²) in [6.07, 6.45) is 4.10. The molecular weight excluding hydrogens is 438 g/mol. The molecule has 0 aromatic carbocycles. The summed E-state index contributed by atoms with van der Waals surface area (Å²) in [5.41, 5.74) is -2.87. The molecule has 34 heavy (non-hydrogen) atoms. The normalized spacial score (nSPS) is 61.1. The Balaban J connectivity index is 1.55. The summed E-state index contributed by atoms with van der Waals surface area (Å²) in [4.78, 5) is 2.65. The number of likely N-dealkylation sites (tertiary alicyclic amines) is 1. The number of fused-ring (bicyclic) bond motifs is 1. The summed E-state index contributed by atoms with van der Waals surface area (Å²) in [5.74, 6) is 0.442. The van der Waals surface area contributed by atoms with E-state index in [-0.39, 0.29) is 53.8 Å². The first-order chi connectivity index (χ1) is 16.4. The van der Waals surface area contributed by atoms with Crippen LogP contribution in [0.4, 0.5) is 0 Å². The van der Waals surface area contributed by atoms with Gasteiger partial charge in [0.15, 0.2) is 0 Å². The van der Waals surface area contributed by atoms with Crippen molar-refractivity contribution in [1.29, 1.82) is 0 Å². The number of rotatable bonds is 6. The number of piperidine rings is 1. The fourth-order valence-corrected chi connectivity index (χ4v) is 11.7. The highest BCUT2D eigenvalue weighted by atomic mass is 16.7. The molecule has 12 atom stereocenters. The van der Waals surface area contributed by atoms with Crippen molar-refractivity contribution < 1.29 is 33.5 Å². The van der Waals surface area contributed by atoms with Gasteiger partial charge in [0.25, 0.3) is 0 Å². The van der Waals surface area contributed by atoms with Crippen molar-refractivity contribution >= 4 is 0 Å². The number of hydrogen-bond donors (Lipinski definition) is 1. The van der Waals surface area contributed by atoms with Gasteiger partial charge >= 0.3 is 0 Å². The molecule has 192 valence electrons. The van der Waals surface area contributed by atoms with Crippen LogP contribution in [0.1, 0.15) is 39.0 Å². The Morgan fingerprint density at radius 3 is 2.53 bits per heavy atom. The second kappa shape index (κ2) is 6.95. The highest BCUT2D eigenvalue weighted by molar-refractivity contribution is 5.44. The zero-order chi connectivity index (χ0) is 23.7. The number of methoxy groups -OCH3 is 4. The van der Waals surface area contributed by atoms with Crippen LogP contribution in [0, 0.1) is 28.6 Å². The molecule has 0 amide bonds. The molecular formula is C26H41NO7. The van der Waals surface area contributed by atoms with Crippen molar-refractivity contribution in [3.05, 3.63) is 0 Å². The van der Waals surface area contributed by atoms with Crippen molar-refractivity contribution in [3.63, 3.8) is 0 Å². The van der Waals surface area contributed by atoms with E-state index < -0.39 is 16.8 Å². The van der Waals surface area contributed by atoms with Gasteiger partial charge in [-0.05, 0) is 38.1 Å². The predicted octanol–water partition coefficient (Wildman–Crippen LogP) is 1.43. The number of nitrogens with zero attached hydrogens (tertiary/aromatic N) is 1. The number of likely N-dealkylation sites (N-methyl/N-ethyl adjacent to an activating group) is 1. The molecule has 7 bridgehead atoms. The first-order valence-corrected chi connectivity index (χ1v) is 13.2. The summed E-state index contributed by atoms with van der Waals surface area (Å²) in [7, 11) is 7.23. The minimum atomic E-state index is -1.15. The van der Waals surface area contributed by atoms with E-state index in [2.05, 4.69) is 11.8 Å². The second-order valence-corrected chi connectivity index (χ2v) is 12.3. The van der Waals surface area contributed by atoms with Crippen LogP contribution in [0.15, 0.2) is 0 Å². The monoisotopic (exact) mass is 479 g/mol. The third-order valence-corrected chi connectivity index (χ3v) is 12.2. The van der Waals surface area contributed by atoms with E-state index >= 15 is 0 Å². The quantitative estimate of drug-likeness (QED) is 0.613. The van der Waals surface area contributed by atoms with E-state index in [1.54, 1.807) is 14.2 Å². The fourth-order valence-electron chi connectivity index (χ4n) is 11.7. The van der Waals surface area contributed by atoms with E-state index in [1.165, 1.54) is 0 Å². The molecule has 1 N–H and O–H groups in total. The van der Waals surface area contributed by atoms with Crippen LogP contribution in [-0.4, -0.2) is 106 Å². The summed E-state index contributed by atoms with van der Waals surface area (Å²) < 4.78 is 38.2. The van der Waals surface area contributed by atoms with Gasteiger partial charge in [0.2, 0.25) is 0 Å². The Morgan fingerprint density at radius 2 is 1.85 bits per heavy atom. The first kappa shape index (κ1) is 22.8. The average molecular weight is 480 g/mol. The van der Waals surface area contributed by atoms with Crippen molar-refractivity contribution in [2.75, 3.05) is 54.9 Å². The molecule has 0 aromatic rings. The van der Waals surface area contributed by atoms with Gasteiger partial charge in [0.1, 0.15) is 23.6 Å². The van der Waals surface area contributed by atoms with Crippen LogP contribution in [0.5, 0.6) is 0 Å². The van der Waals surface area contributed by atoms with Gasteiger partial charge in [-0.2, -0.15) is 0 Å². The van der Waals surface area contributed by atoms with Crippen molar-refractivity contribution in [1.82, 2.24) is 4.90 Å². The maximum Gasteiger partial charge on any atom is 0.148 e. The molecule has 0 unspecified atom stereocenters. The van der Waals surface area contributed by atoms with E-state index in [1.807, 2.05) is 14.2 Å². The number of ether oxygens (including phenoxy) is 6. The maximum absolute atomic E-state index is 13.1. The third kappa shape index (κ3) is 1.98. The lowest BCUT2D eigenvalue weighted by Crippen LogP contribution is -2.86. The van der Waals surface area contributed by atoms with Crippen molar-refractivity contribution in [2.45, 2.75) is 80.2 Å². The molecule has 8 nitrogen and oxygen atoms in total. The number of hydrogen-bond acceptors (Lipinski definition) is 8.